The first-order valence-corrected chi connectivity index (χ1v) is 10.7. The van der Waals surface area contributed by atoms with E-state index in [1.807, 2.05) is 19.9 Å². The van der Waals surface area contributed by atoms with Crippen molar-refractivity contribution in [3.8, 4) is 11.5 Å². The molecule has 7 heteroatoms. The fraction of sp³-hybridized carbons (Fsp3) is 0.391. The van der Waals surface area contributed by atoms with Crippen LogP contribution in [0.3, 0.4) is 0 Å². The van der Waals surface area contributed by atoms with Crippen LogP contribution in [-0.4, -0.2) is 32.1 Å². The number of fused-ring (bicyclic) bond motifs is 1. The molecule has 2 amide bonds. The van der Waals surface area contributed by atoms with Crippen LogP contribution in [0.25, 0.3) is 0 Å². The predicted molar refractivity (Wildman–Crippen MR) is 122 cm³/mol. The highest BCUT2D eigenvalue weighted by Crippen LogP contribution is 2.38. The monoisotopic (exact) mass is 474 g/mol. The lowest BCUT2D eigenvalue weighted by atomic mass is 9.92. The van der Waals surface area contributed by atoms with Gasteiger partial charge in [0.2, 0.25) is 5.91 Å². The number of ether oxygens (including phenoxy) is 2. The van der Waals surface area contributed by atoms with Gasteiger partial charge in [-0.2, -0.15) is 0 Å². The van der Waals surface area contributed by atoms with Crippen molar-refractivity contribution in [3.63, 3.8) is 0 Å². The Balaban J connectivity index is 1.91. The zero-order valence-corrected chi connectivity index (χ0v) is 19.5. The number of carbonyl (C=O) groups is 2. The third-order valence-corrected chi connectivity index (χ3v) is 5.58. The van der Waals surface area contributed by atoms with Crippen molar-refractivity contribution in [2.75, 3.05) is 30.5 Å². The molecule has 2 aromatic carbocycles. The maximum Gasteiger partial charge on any atom is 0.256 e. The Labute approximate surface area is 185 Å². The van der Waals surface area contributed by atoms with Crippen LogP contribution in [0, 0.1) is 11.3 Å². The van der Waals surface area contributed by atoms with E-state index < -0.39 is 5.41 Å². The Bertz CT molecular complexity index is 972. The second-order valence-electron chi connectivity index (χ2n) is 8.46. The largest absolute Gasteiger partial charge is 0.497 e. The molecule has 0 fully saturated rings. The fourth-order valence-corrected chi connectivity index (χ4v) is 3.70. The number of carbonyl (C=O) groups excluding carboxylic acids is 2. The Morgan fingerprint density at radius 1 is 1.27 bits per heavy atom. The van der Waals surface area contributed by atoms with Gasteiger partial charge in [-0.25, -0.2) is 0 Å². The smallest absolute Gasteiger partial charge is 0.256 e. The van der Waals surface area contributed by atoms with Crippen molar-refractivity contribution in [3.05, 3.63) is 46.4 Å². The summed E-state index contributed by atoms with van der Waals surface area (Å²) in [6, 6.07) is 10.6. The zero-order valence-electron chi connectivity index (χ0n) is 17.9. The lowest BCUT2D eigenvalue weighted by molar-refractivity contribution is -0.127. The van der Waals surface area contributed by atoms with Gasteiger partial charge in [-0.3, -0.25) is 9.59 Å². The molecule has 0 aromatic heterocycles. The Morgan fingerprint density at radius 3 is 2.67 bits per heavy atom. The van der Waals surface area contributed by atoms with Gasteiger partial charge in [-0.1, -0.05) is 13.8 Å². The molecule has 6 nitrogen and oxygen atoms in total. The van der Waals surface area contributed by atoms with Crippen LogP contribution in [0.15, 0.2) is 40.9 Å². The maximum atomic E-state index is 13.1. The van der Waals surface area contributed by atoms with Gasteiger partial charge in [0.05, 0.1) is 23.8 Å². The quantitative estimate of drug-likeness (QED) is 0.652. The van der Waals surface area contributed by atoms with Gasteiger partial charge in [0, 0.05) is 22.8 Å². The topological polar surface area (TPSA) is 67.9 Å². The van der Waals surface area contributed by atoms with E-state index in [2.05, 4.69) is 35.1 Å². The highest BCUT2D eigenvalue weighted by Gasteiger charge is 2.38. The van der Waals surface area contributed by atoms with Crippen molar-refractivity contribution in [2.45, 2.75) is 27.7 Å². The van der Waals surface area contributed by atoms with Crippen molar-refractivity contribution in [2.24, 2.45) is 11.3 Å². The van der Waals surface area contributed by atoms with E-state index in [-0.39, 0.29) is 18.4 Å². The molecular weight excluding hydrogens is 448 g/mol. The second kappa shape index (κ2) is 8.68. The summed E-state index contributed by atoms with van der Waals surface area (Å²) in [4.78, 5) is 27.7. The van der Waals surface area contributed by atoms with Gasteiger partial charge in [-0.05, 0) is 66.0 Å². The van der Waals surface area contributed by atoms with Gasteiger partial charge < -0.3 is 19.7 Å². The average molecular weight is 475 g/mol. The Morgan fingerprint density at radius 2 is 2.00 bits per heavy atom. The minimum Gasteiger partial charge on any atom is -0.497 e. The first-order valence-electron chi connectivity index (χ1n) is 9.86. The van der Waals surface area contributed by atoms with E-state index in [0.717, 1.165) is 5.69 Å². The van der Waals surface area contributed by atoms with Crippen LogP contribution in [0.5, 0.6) is 11.5 Å². The van der Waals surface area contributed by atoms with Gasteiger partial charge in [0.25, 0.3) is 5.91 Å². The standard InChI is InChI=1S/C23H27BrN2O4/c1-14(2)12-26-19-9-6-15(10-20(19)30-13-23(3,4)22(26)28)25-21(27)17-11-16(29-5)7-8-18(17)24/h6-11,14H,12-13H2,1-5H3,(H,25,27). The summed E-state index contributed by atoms with van der Waals surface area (Å²) >= 11 is 3.41. The van der Waals surface area contributed by atoms with Crippen molar-refractivity contribution in [1.82, 2.24) is 0 Å². The number of anilines is 2. The molecule has 1 heterocycles. The number of hydrogen-bond donors (Lipinski definition) is 1. The minimum absolute atomic E-state index is 0.0343. The summed E-state index contributed by atoms with van der Waals surface area (Å²) < 4.78 is 11.9. The van der Waals surface area contributed by atoms with E-state index in [9.17, 15) is 9.59 Å². The number of hydrogen-bond acceptors (Lipinski definition) is 4. The summed E-state index contributed by atoms with van der Waals surface area (Å²) in [5.41, 5.74) is 1.14. The molecule has 2 aromatic rings. The summed E-state index contributed by atoms with van der Waals surface area (Å²) in [6.45, 7) is 8.79. The molecule has 0 bridgehead atoms. The molecule has 0 radical (unpaired) electrons. The van der Waals surface area contributed by atoms with Crippen LogP contribution in [0.1, 0.15) is 38.1 Å². The molecule has 30 heavy (non-hydrogen) atoms. The molecule has 3 rings (SSSR count). The van der Waals surface area contributed by atoms with E-state index in [1.54, 1.807) is 42.3 Å². The van der Waals surface area contributed by atoms with Gasteiger partial charge >= 0.3 is 0 Å². The molecular formula is C23H27BrN2O4. The van der Waals surface area contributed by atoms with Crippen LogP contribution in [-0.2, 0) is 4.79 Å². The molecule has 0 spiro atoms. The molecule has 0 atom stereocenters. The summed E-state index contributed by atoms with van der Waals surface area (Å²) in [6.07, 6.45) is 0. The number of amides is 2. The number of nitrogens with zero attached hydrogens (tertiary/aromatic N) is 1. The second-order valence-corrected chi connectivity index (χ2v) is 9.32. The fourth-order valence-electron chi connectivity index (χ4n) is 3.28. The van der Waals surface area contributed by atoms with Gasteiger partial charge in [0.15, 0.2) is 0 Å². The number of rotatable bonds is 5. The average Bonchev–Trinajstić information content (AvgIpc) is 2.78. The van der Waals surface area contributed by atoms with Crippen LogP contribution in [0.2, 0.25) is 0 Å². The van der Waals surface area contributed by atoms with Gasteiger partial charge in [-0.15, -0.1) is 0 Å². The lowest BCUT2D eigenvalue weighted by Gasteiger charge is -2.29. The molecule has 0 aliphatic carbocycles. The zero-order chi connectivity index (χ0) is 22.1. The van der Waals surface area contributed by atoms with Crippen LogP contribution >= 0.6 is 15.9 Å². The Kier molecular flexibility index (Phi) is 6.41. The van der Waals surface area contributed by atoms with Crippen molar-refractivity contribution >= 4 is 39.1 Å². The molecule has 0 saturated carbocycles. The SMILES string of the molecule is COc1ccc(Br)c(C(=O)Nc2ccc3c(c2)OCC(C)(C)C(=O)N3CC(C)C)c1. The van der Waals surface area contributed by atoms with E-state index in [1.165, 1.54) is 0 Å². The predicted octanol–water partition coefficient (Wildman–Crippen LogP) is 5.12. The first kappa shape index (κ1) is 22.2. The number of nitrogens with one attached hydrogen (secondary N) is 1. The number of halogens is 1. The summed E-state index contributed by atoms with van der Waals surface area (Å²) in [5.74, 6) is 1.24. The lowest BCUT2D eigenvalue weighted by Crippen LogP contribution is -2.43. The molecule has 1 aliphatic heterocycles. The third kappa shape index (κ3) is 4.61. The maximum absolute atomic E-state index is 13.1. The van der Waals surface area contributed by atoms with E-state index in [0.29, 0.717) is 39.7 Å². The first-order chi connectivity index (χ1) is 14.1. The highest BCUT2D eigenvalue weighted by atomic mass is 79.9. The minimum atomic E-state index is -0.636. The molecule has 160 valence electrons. The highest BCUT2D eigenvalue weighted by molar-refractivity contribution is 9.10. The van der Waals surface area contributed by atoms with Gasteiger partial charge in [0.1, 0.15) is 18.1 Å². The summed E-state index contributed by atoms with van der Waals surface area (Å²) in [7, 11) is 1.56. The number of benzene rings is 2. The van der Waals surface area contributed by atoms with E-state index >= 15 is 0 Å². The van der Waals surface area contributed by atoms with E-state index in [4.69, 9.17) is 9.47 Å². The molecule has 0 saturated heterocycles. The van der Waals surface area contributed by atoms with Crippen LogP contribution in [0.4, 0.5) is 11.4 Å². The molecule has 0 unspecified atom stereocenters. The van der Waals surface area contributed by atoms with Crippen LogP contribution < -0.4 is 19.7 Å². The molecule has 1 aliphatic rings. The normalized spacial score (nSPS) is 15.3. The number of methoxy groups -OCH3 is 1. The van der Waals surface area contributed by atoms with Crippen molar-refractivity contribution in [1.29, 1.82) is 0 Å². The summed E-state index contributed by atoms with van der Waals surface area (Å²) in [5, 5.41) is 2.90. The molecule has 1 N–H and O–H groups in total. The van der Waals surface area contributed by atoms with Crippen molar-refractivity contribution < 1.29 is 19.1 Å². The Hall–Kier alpha value is -2.54. The third-order valence-electron chi connectivity index (χ3n) is 4.89.